The summed E-state index contributed by atoms with van der Waals surface area (Å²) in [5, 5.41) is 5.67. The fraction of sp³-hybridized carbons (Fsp3) is 0.429. The number of benzene rings is 1. The monoisotopic (exact) mass is 260 g/mol. The number of hydrogen-bond acceptors (Lipinski definition) is 3. The van der Waals surface area contributed by atoms with Crippen LogP contribution in [0.2, 0.25) is 0 Å². The Balaban J connectivity index is 1.87. The predicted molar refractivity (Wildman–Crippen MR) is 71.3 cm³/mol. The number of ether oxygens (including phenoxy) is 1. The molecule has 0 spiro atoms. The second-order valence-corrected chi connectivity index (χ2v) is 5.14. The Morgan fingerprint density at radius 2 is 2.21 bits per heavy atom. The third-order valence-corrected chi connectivity index (χ3v) is 3.59. The molecule has 0 bridgehead atoms. The van der Waals surface area contributed by atoms with Crippen molar-refractivity contribution in [2.24, 2.45) is 5.92 Å². The fourth-order valence-electron chi connectivity index (χ4n) is 2.34. The van der Waals surface area contributed by atoms with Crippen molar-refractivity contribution >= 4 is 23.2 Å². The largest absolute Gasteiger partial charge is 0.479 e. The van der Waals surface area contributed by atoms with Crippen LogP contribution >= 0.6 is 0 Å². The lowest BCUT2D eigenvalue weighted by Gasteiger charge is -2.26. The minimum atomic E-state index is -0.172. The molecule has 1 heterocycles. The summed E-state index contributed by atoms with van der Waals surface area (Å²) in [5.41, 5.74) is 2.24. The van der Waals surface area contributed by atoms with Gasteiger partial charge in [-0.2, -0.15) is 0 Å². The first-order chi connectivity index (χ1) is 9.13. The van der Waals surface area contributed by atoms with Gasteiger partial charge in [0.2, 0.25) is 5.91 Å². The molecule has 19 heavy (non-hydrogen) atoms. The maximum atomic E-state index is 12.0. The summed E-state index contributed by atoms with van der Waals surface area (Å²) in [7, 11) is 0. The van der Waals surface area contributed by atoms with Gasteiger partial charge >= 0.3 is 0 Å². The van der Waals surface area contributed by atoms with Crippen molar-refractivity contribution < 1.29 is 14.3 Å². The van der Waals surface area contributed by atoms with E-state index in [4.69, 9.17) is 4.74 Å². The number of rotatable bonds is 2. The van der Waals surface area contributed by atoms with Crippen LogP contribution in [0.15, 0.2) is 12.1 Å². The first-order valence-corrected chi connectivity index (χ1v) is 6.51. The van der Waals surface area contributed by atoms with Gasteiger partial charge in [-0.1, -0.05) is 6.42 Å². The SMILES string of the molecule is Cc1cc2c(c(NC(=O)C3CCC3)c1)OCC(=O)N2. The predicted octanol–water partition coefficient (Wildman–Crippen LogP) is 2.06. The molecular weight excluding hydrogens is 244 g/mol. The van der Waals surface area contributed by atoms with Crippen LogP contribution in [0.3, 0.4) is 0 Å². The molecule has 0 radical (unpaired) electrons. The van der Waals surface area contributed by atoms with Crippen molar-refractivity contribution in [2.45, 2.75) is 26.2 Å². The molecular formula is C14H16N2O3. The lowest BCUT2D eigenvalue weighted by molar-refractivity contribution is -0.122. The van der Waals surface area contributed by atoms with Crippen LogP contribution in [0, 0.1) is 12.8 Å². The van der Waals surface area contributed by atoms with Crippen molar-refractivity contribution in [3.05, 3.63) is 17.7 Å². The van der Waals surface area contributed by atoms with Crippen LogP contribution in [0.5, 0.6) is 5.75 Å². The summed E-state index contributed by atoms with van der Waals surface area (Å²) in [6.07, 6.45) is 3.03. The van der Waals surface area contributed by atoms with Gasteiger partial charge < -0.3 is 15.4 Å². The average Bonchev–Trinajstić information content (AvgIpc) is 2.25. The Morgan fingerprint density at radius 3 is 2.89 bits per heavy atom. The Kier molecular flexibility index (Phi) is 2.89. The Morgan fingerprint density at radius 1 is 1.42 bits per heavy atom. The van der Waals surface area contributed by atoms with E-state index in [1.54, 1.807) is 0 Å². The lowest BCUT2D eigenvalue weighted by atomic mass is 9.85. The number of aryl methyl sites for hydroxylation is 1. The van der Waals surface area contributed by atoms with E-state index in [9.17, 15) is 9.59 Å². The zero-order valence-electron chi connectivity index (χ0n) is 10.8. The number of anilines is 2. The highest BCUT2D eigenvalue weighted by atomic mass is 16.5. The Hall–Kier alpha value is -2.04. The van der Waals surface area contributed by atoms with E-state index in [0.717, 1.165) is 24.8 Å². The summed E-state index contributed by atoms with van der Waals surface area (Å²) in [6.45, 7) is 1.91. The van der Waals surface area contributed by atoms with Gasteiger partial charge in [0, 0.05) is 5.92 Å². The molecule has 5 nitrogen and oxygen atoms in total. The molecule has 1 fully saturated rings. The highest BCUT2D eigenvalue weighted by Crippen LogP contribution is 2.38. The molecule has 1 aromatic carbocycles. The fourth-order valence-corrected chi connectivity index (χ4v) is 2.34. The molecule has 100 valence electrons. The van der Waals surface area contributed by atoms with Crippen LogP contribution < -0.4 is 15.4 Å². The van der Waals surface area contributed by atoms with Gasteiger partial charge in [0.1, 0.15) is 0 Å². The summed E-state index contributed by atoms with van der Waals surface area (Å²) in [6, 6.07) is 3.71. The molecule has 2 N–H and O–H groups in total. The van der Waals surface area contributed by atoms with Crippen molar-refractivity contribution in [1.29, 1.82) is 0 Å². The second kappa shape index (κ2) is 4.57. The second-order valence-electron chi connectivity index (χ2n) is 5.14. The normalized spacial score (nSPS) is 17.8. The van der Waals surface area contributed by atoms with Gasteiger partial charge in [0.25, 0.3) is 5.91 Å². The number of carbonyl (C=O) groups excluding carboxylic acids is 2. The maximum absolute atomic E-state index is 12.0. The van der Waals surface area contributed by atoms with Crippen molar-refractivity contribution in [3.8, 4) is 5.75 Å². The van der Waals surface area contributed by atoms with Crippen molar-refractivity contribution in [1.82, 2.24) is 0 Å². The summed E-state index contributed by atoms with van der Waals surface area (Å²) < 4.78 is 5.43. The first kappa shape index (κ1) is 12.0. The summed E-state index contributed by atoms with van der Waals surface area (Å²) in [5.74, 6) is 0.543. The van der Waals surface area contributed by atoms with Gasteiger partial charge in [-0.3, -0.25) is 9.59 Å². The average molecular weight is 260 g/mol. The summed E-state index contributed by atoms with van der Waals surface area (Å²) >= 11 is 0. The van der Waals surface area contributed by atoms with E-state index in [1.165, 1.54) is 0 Å². The number of hydrogen-bond donors (Lipinski definition) is 2. The Bertz CT molecular complexity index is 550. The molecule has 0 saturated heterocycles. The molecule has 1 aromatic rings. The van der Waals surface area contributed by atoms with E-state index < -0.39 is 0 Å². The molecule has 0 unspecified atom stereocenters. The van der Waals surface area contributed by atoms with Crippen LogP contribution in [0.4, 0.5) is 11.4 Å². The zero-order chi connectivity index (χ0) is 13.4. The quantitative estimate of drug-likeness (QED) is 0.855. The Labute approximate surface area is 111 Å². The molecule has 1 aliphatic carbocycles. The van der Waals surface area contributed by atoms with E-state index in [1.807, 2.05) is 19.1 Å². The lowest BCUT2D eigenvalue weighted by Crippen LogP contribution is -2.30. The molecule has 5 heteroatoms. The molecule has 1 aliphatic heterocycles. The number of carbonyl (C=O) groups is 2. The van der Waals surface area contributed by atoms with E-state index in [0.29, 0.717) is 17.1 Å². The highest BCUT2D eigenvalue weighted by Gasteiger charge is 2.27. The molecule has 0 atom stereocenters. The van der Waals surface area contributed by atoms with Crippen molar-refractivity contribution in [2.75, 3.05) is 17.2 Å². The topological polar surface area (TPSA) is 67.4 Å². The smallest absolute Gasteiger partial charge is 0.262 e. The minimum absolute atomic E-state index is 0.0115. The van der Waals surface area contributed by atoms with Crippen molar-refractivity contribution in [3.63, 3.8) is 0 Å². The maximum Gasteiger partial charge on any atom is 0.262 e. The van der Waals surface area contributed by atoms with Gasteiger partial charge in [0.15, 0.2) is 12.4 Å². The van der Waals surface area contributed by atoms with Gasteiger partial charge in [-0.05, 0) is 37.5 Å². The van der Waals surface area contributed by atoms with E-state index in [-0.39, 0.29) is 24.3 Å². The standard InChI is InChI=1S/C14H16N2O3/c1-8-5-10-13(19-7-12(17)15-10)11(6-8)16-14(18)9-3-2-4-9/h5-6,9H,2-4,7H2,1H3,(H,15,17)(H,16,18). The molecule has 1 saturated carbocycles. The van der Waals surface area contributed by atoms with Gasteiger partial charge in [-0.15, -0.1) is 0 Å². The third kappa shape index (κ3) is 2.28. The first-order valence-electron chi connectivity index (χ1n) is 6.51. The third-order valence-electron chi connectivity index (χ3n) is 3.59. The van der Waals surface area contributed by atoms with E-state index >= 15 is 0 Å². The van der Waals surface area contributed by atoms with Crippen LogP contribution in [-0.2, 0) is 9.59 Å². The van der Waals surface area contributed by atoms with Crippen LogP contribution in [0.25, 0.3) is 0 Å². The van der Waals surface area contributed by atoms with Crippen LogP contribution in [0.1, 0.15) is 24.8 Å². The van der Waals surface area contributed by atoms with Gasteiger partial charge in [0.05, 0.1) is 11.4 Å². The summed E-state index contributed by atoms with van der Waals surface area (Å²) in [4.78, 5) is 23.3. The molecule has 2 aliphatic rings. The molecule has 2 amide bonds. The minimum Gasteiger partial charge on any atom is -0.479 e. The molecule has 3 rings (SSSR count). The number of amides is 2. The van der Waals surface area contributed by atoms with Gasteiger partial charge in [-0.25, -0.2) is 0 Å². The highest BCUT2D eigenvalue weighted by molar-refractivity contribution is 6.00. The van der Waals surface area contributed by atoms with E-state index in [2.05, 4.69) is 10.6 Å². The van der Waals surface area contributed by atoms with Crippen LogP contribution in [-0.4, -0.2) is 18.4 Å². The number of nitrogens with one attached hydrogen (secondary N) is 2. The zero-order valence-corrected chi connectivity index (χ0v) is 10.8. The molecule has 0 aromatic heterocycles. The number of fused-ring (bicyclic) bond motifs is 1.